The summed E-state index contributed by atoms with van der Waals surface area (Å²) in [5.74, 6) is -1.19. The van der Waals surface area contributed by atoms with Gasteiger partial charge in [-0.3, -0.25) is 0 Å². The molecule has 0 unspecified atom stereocenters. The number of thiocarbonyl (C=S) groups is 1. The lowest BCUT2D eigenvalue weighted by molar-refractivity contribution is 0.437. The quantitative estimate of drug-likeness (QED) is 0.870. The zero-order chi connectivity index (χ0) is 14.0. The first-order valence-electron chi connectivity index (χ1n) is 5.51. The van der Waals surface area contributed by atoms with E-state index in [1.54, 1.807) is 18.2 Å². The molecule has 0 saturated heterocycles. The molecule has 2 rings (SSSR count). The number of halogens is 2. The van der Waals surface area contributed by atoms with Crippen LogP contribution in [0, 0.1) is 18.6 Å². The summed E-state index contributed by atoms with van der Waals surface area (Å²) in [6, 6.07) is 8.27. The molecule has 0 aliphatic carbocycles. The summed E-state index contributed by atoms with van der Waals surface area (Å²) in [6.45, 7) is 1.88. The predicted molar refractivity (Wildman–Crippen MR) is 73.5 cm³/mol. The topological polar surface area (TPSA) is 35.2 Å². The van der Waals surface area contributed by atoms with Crippen LogP contribution in [0.25, 0.3) is 0 Å². The van der Waals surface area contributed by atoms with Gasteiger partial charge in [0.05, 0.1) is 5.56 Å². The largest absolute Gasteiger partial charge is 0.454 e. The monoisotopic (exact) mass is 279 g/mol. The van der Waals surface area contributed by atoms with E-state index in [2.05, 4.69) is 0 Å². The second-order valence-corrected chi connectivity index (χ2v) is 4.48. The second kappa shape index (κ2) is 5.32. The molecule has 0 saturated carbocycles. The first-order chi connectivity index (χ1) is 8.97. The van der Waals surface area contributed by atoms with E-state index in [0.717, 1.165) is 17.7 Å². The van der Waals surface area contributed by atoms with Gasteiger partial charge < -0.3 is 10.5 Å². The fourth-order valence-corrected chi connectivity index (χ4v) is 1.76. The van der Waals surface area contributed by atoms with Crippen molar-refractivity contribution >= 4 is 17.2 Å². The third-order valence-electron chi connectivity index (χ3n) is 2.51. The zero-order valence-electron chi connectivity index (χ0n) is 10.1. The molecule has 0 fully saturated rings. The van der Waals surface area contributed by atoms with Crippen LogP contribution in [-0.4, -0.2) is 4.99 Å². The fraction of sp³-hybridized carbons (Fsp3) is 0.0714. The van der Waals surface area contributed by atoms with Crippen molar-refractivity contribution in [1.82, 2.24) is 0 Å². The maximum Gasteiger partial charge on any atom is 0.168 e. The molecule has 0 aliphatic heterocycles. The summed E-state index contributed by atoms with van der Waals surface area (Å²) in [6.07, 6.45) is 0. The molecular formula is C14H11F2NOS. The average molecular weight is 279 g/mol. The van der Waals surface area contributed by atoms with E-state index in [1.165, 1.54) is 6.07 Å². The molecule has 5 heteroatoms. The van der Waals surface area contributed by atoms with E-state index >= 15 is 0 Å². The predicted octanol–water partition coefficient (Wildman–Crippen LogP) is 3.70. The second-order valence-electron chi connectivity index (χ2n) is 4.04. The van der Waals surface area contributed by atoms with Crippen molar-refractivity contribution < 1.29 is 13.5 Å². The molecule has 0 heterocycles. The van der Waals surface area contributed by atoms with Crippen molar-refractivity contribution in [1.29, 1.82) is 0 Å². The summed E-state index contributed by atoms with van der Waals surface area (Å²) >= 11 is 4.92. The molecule has 2 nitrogen and oxygen atoms in total. The van der Waals surface area contributed by atoms with Crippen molar-refractivity contribution in [2.45, 2.75) is 6.92 Å². The van der Waals surface area contributed by atoms with Gasteiger partial charge in [-0.15, -0.1) is 0 Å². The van der Waals surface area contributed by atoms with Gasteiger partial charge in [-0.25, -0.2) is 8.78 Å². The highest BCUT2D eigenvalue weighted by atomic mass is 32.1. The van der Waals surface area contributed by atoms with E-state index < -0.39 is 11.6 Å². The number of aryl methyl sites for hydroxylation is 1. The Kier molecular flexibility index (Phi) is 3.76. The minimum atomic E-state index is -0.783. The van der Waals surface area contributed by atoms with Crippen LogP contribution >= 0.6 is 12.2 Å². The Bertz CT molecular complexity index is 643. The van der Waals surface area contributed by atoms with Crippen LogP contribution < -0.4 is 10.5 Å². The maximum atomic E-state index is 13.5. The van der Waals surface area contributed by atoms with Gasteiger partial charge in [-0.1, -0.05) is 23.8 Å². The lowest BCUT2D eigenvalue weighted by Crippen LogP contribution is -2.11. The lowest BCUT2D eigenvalue weighted by Gasteiger charge is -2.11. The summed E-state index contributed by atoms with van der Waals surface area (Å²) in [7, 11) is 0. The summed E-state index contributed by atoms with van der Waals surface area (Å²) in [4.78, 5) is 0.154. The Hall–Kier alpha value is -2.01. The van der Waals surface area contributed by atoms with Crippen LogP contribution in [0.3, 0.4) is 0 Å². The Morgan fingerprint density at radius 3 is 2.42 bits per heavy atom. The molecule has 0 amide bonds. The summed E-state index contributed by atoms with van der Waals surface area (Å²) in [5, 5.41) is 0. The minimum absolute atomic E-state index is 0.0808. The number of ether oxygens (including phenoxy) is 1. The number of nitrogens with two attached hydrogens (primary N) is 1. The summed E-state index contributed by atoms with van der Waals surface area (Å²) in [5.41, 5.74) is 7.06. The number of rotatable bonds is 3. The standard InChI is InChI=1S/C14H11F2NOS/c1-8-2-4-12(10(6-8)14(17)19)18-13-5-3-9(15)7-11(13)16/h2-7H,1H3,(H2,17,19). The SMILES string of the molecule is Cc1ccc(Oc2ccc(F)cc2F)c(C(N)=S)c1. The summed E-state index contributed by atoms with van der Waals surface area (Å²) < 4.78 is 31.7. The van der Waals surface area contributed by atoms with E-state index in [-0.39, 0.29) is 10.7 Å². The molecule has 0 radical (unpaired) electrons. The van der Waals surface area contributed by atoms with E-state index in [0.29, 0.717) is 11.3 Å². The van der Waals surface area contributed by atoms with Crippen molar-refractivity contribution in [2.24, 2.45) is 5.73 Å². The molecule has 0 atom stereocenters. The van der Waals surface area contributed by atoms with Gasteiger partial charge in [-0.2, -0.15) is 0 Å². The first kappa shape index (κ1) is 13.4. The lowest BCUT2D eigenvalue weighted by atomic mass is 10.1. The molecule has 0 aromatic heterocycles. The average Bonchev–Trinajstić information content (AvgIpc) is 2.34. The zero-order valence-corrected chi connectivity index (χ0v) is 10.9. The van der Waals surface area contributed by atoms with Crippen LogP contribution in [0.15, 0.2) is 36.4 Å². The van der Waals surface area contributed by atoms with Gasteiger partial charge in [0, 0.05) is 6.07 Å². The molecule has 0 bridgehead atoms. The van der Waals surface area contributed by atoms with E-state index in [9.17, 15) is 8.78 Å². The van der Waals surface area contributed by atoms with Crippen LogP contribution in [-0.2, 0) is 0 Å². The van der Waals surface area contributed by atoms with Crippen molar-refractivity contribution in [3.8, 4) is 11.5 Å². The molecular weight excluding hydrogens is 268 g/mol. The van der Waals surface area contributed by atoms with Gasteiger partial charge in [-0.05, 0) is 31.2 Å². The van der Waals surface area contributed by atoms with Crippen molar-refractivity contribution in [3.05, 3.63) is 59.2 Å². The molecule has 98 valence electrons. The van der Waals surface area contributed by atoms with Crippen LogP contribution in [0.2, 0.25) is 0 Å². The molecule has 2 aromatic rings. The van der Waals surface area contributed by atoms with Gasteiger partial charge in [0.15, 0.2) is 11.6 Å². The number of benzene rings is 2. The fourth-order valence-electron chi connectivity index (χ4n) is 1.60. The van der Waals surface area contributed by atoms with Crippen LogP contribution in [0.1, 0.15) is 11.1 Å². The highest BCUT2D eigenvalue weighted by molar-refractivity contribution is 7.80. The Balaban J connectivity index is 2.40. The highest BCUT2D eigenvalue weighted by Crippen LogP contribution is 2.28. The van der Waals surface area contributed by atoms with Gasteiger partial charge in [0.2, 0.25) is 0 Å². The smallest absolute Gasteiger partial charge is 0.168 e. The van der Waals surface area contributed by atoms with Crippen LogP contribution in [0.4, 0.5) is 8.78 Å². The normalized spacial score (nSPS) is 10.3. The molecule has 0 aliphatic rings. The highest BCUT2D eigenvalue weighted by Gasteiger charge is 2.11. The van der Waals surface area contributed by atoms with E-state index in [4.69, 9.17) is 22.7 Å². The Labute approximate surface area is 114 Å². The Morgan fingerprint density at radius 1 is 1.11 bits per heavy atom. The third kappa shape index (κ3) is 3.06. The first-order valence-corrected chi connectivity index (χ1v) is 5.91. The van der Waals surface area contributed by atoms with Gasteiger partial charge >= 0.3 is 0 Å². The van der Waals surface area contributed by atoms with Crippen molar-refractivity contribution in [3.63, 3.8) is 0 Å². The third-order valence-corrected chi connectivity index (χ3v) is 2.73. The van der Waals surface area contributed by atoms with Gasteiger partial charge in [0.25, 0.3) is 0 Å². The minimum Gasteiger partial charge on any atom is -0.454 e. The molecule has 19 heavy (non-hydrogen) atoms. The Morgan fingerprint density at radius 2 is 1.79 bits per heavy atom. The van der Waals surface area contributed by atoms with Crippen LogP contribution in [0.5, 0.6) is 11.5 Å². The van der Waals surface area contributed by atoms with Gasteiger partial charge in [0.1, 0.15) is 16.6 Å². The molecule has 2 aromatic carbocycles. The van der Waals surface area contributed by atoms with E-state index in [1.807, 2.05) is 6.92 Å². The molecule has 2 N–H and O–H groups in total. The number of hydrogen-bond donors (Lipinski definition) is 1. The van der Waals surface area contributed by atoms with Crippen molar-refractivity contribution in [2.75, 3.05) is 0 Å². The number of hydrogen-bond acceptors (Lipinski definition) is 2. The molecule has 0 spiro atoms. The maximum absolute atomic E-state index is 13.5.